The van der Waals surface area contributed by atoms with Gasteiger partial charge >= 0.3 is 6.03 Å². The zero-order chi connectivity index (χ0) is 17.0. The molecule has 1 atom stereocenters. The first-order valence-electron chi connectivity index (χ1n) is 7.11. The molecule has 23 heavy (non-hydrogen) atoms. The van der Waals surface area contributed by atoms with Crippen molar-refractivity contribution in [1.82, 2.24) is 10.2 Å². The van der Waals surface area contributed by atoms with Gasteiger partial charge in [-0.3, -0.25) is 0 Å². The van der Waals surface area contributed by atoms with Crippen LogP contribution in [-0.2, 0) is 16.4 Å². The van der Waals surface area contributed by atoms with E-state index in [-0.39, 0.29) is 17.0 Å². The van der Waals surface area contributed by atoms with Crippen molar-refractivity contribution in [2.45, 2.75) is 24.4 Å². The Kier molecular flexibility index (Phi) is 5.10. The van der Waals surface area contributed by atoms with E-state index in [1.54, 1.807) is 54.8 Å². The maximum absolute atomic E-state index is 12.2. The van der Waals surface area contributed by atoms with Crippen molar-refractivity contribution >= 4 is 15.9 Å². The first-order chi connectivity index (χ1) is 10.8. The molecule has 0 aliphatic carbocycles. The van der Waals surface area contributed by atoms with Gasteiger partial charge in [-0.15, -0.1) is 0 Å². The number of hydrogen-bond donors (Lipinski definition) is 1. The first-order valence-corrected chi connectivity index (χ1v) is 9.00. The average molecular weight is 336 g/mol. The van der Waals surface area contributed by atoms with Crippen LogP contribution in [0.15, 0.2) is 52.2 Å². The summed E-state index contributed by atoms with van der Waals surface area (Å²) in [5.74, 6) is 0. The third-order valence-electron chi connectivity index (χ3n) is 3.72. The number of carbonyl (C=O) groups is 1. The summed E-state index contributed by atoms with van der Waals surface area (Å²) in [6.45, 7) is 2.27. The minimum Gasteiger partial charge on any atom is -0.472 e. The molecule has 1 aromatic heterocycles. The zero-order valence-electron chi connectivity index (χ0n) is 13.3. The summed E-state index contributed by atoms with van der Waals surface area (Å²) < 4.78 is 27.9. The lowest BCUT2D eigenvalue weighted by molar-refractivity contribution is 0.194. The Bertz CT molecular complexity index is 752. The highest BCUT2D eigenvalue weighted by Crippen LogP contribution is 2.20. The Morgan fingerprint density at radius 1 is 1.26 bits per heavy atom. The molecule has 124 valence electrons. The van der Waals surface area contributed by atoms with Gasteiger partial charge in [0, 0.05) is 25.4 Å². The molecular weight excluding hydrogens is 316 g/mol. The van der Waals surface area contributed by atoms with Gasteiger partial charge in [-0.2, -0.15) is 0 Å². The molecule has 1 N–H and O–H groups in total. The number of benzene rings is 1. The summed E-state index contributed by atoms with van der Waals surface area (Å²) in [5.41, 5.74) is 1.75. The van der Waals surface area contributed by atoms with Crippen LogP contribution in [0.4, 0.5) is 4.79 Å². The molecule has 0 bridgehead atoms. The van der Waals surface area contributed by atoms with Crippen molar-refractivity contribution in [3.63, 3.8) is 0 Å². The van der Waals surface area contributed by atoms with E-state index in [2.05, 4.69) is 5.32 Å². The molecular formula is C16H20N2O4S. The number of urea groups is 1. The Morgan fingerprint density at radius 3 is 2.43 bits per heavy atom. The maximum Gasteiger partial charge on any atom is 0.317 e. The third-order valence-corrected chi connectivity index (χ3v) is 4.84. The van der Waals surface area contributed by atoms with Crippen LogP contribution in [0.5, 0.6) is 0 Å². The monoisotopic (exact) mass is 336 g/mol. The maximum atomic E-state index is 12.2. The molecule has 1 unspecified atom stereocenters. The minimum atomic E-state index is -3.22. The summed E-state index contributed by atoms with van der Waals surface area (Å²) in [6, 6.07) is 7.94. The first kappa shape index (κ1) is 17.1. The number of carbonyl (C=O) groups excluding carboxylic acids is 1. The quantitative estimate of drug-likeness (QED) is 0.910. The molecule has 1 aromatic carbocycles. The van der Waals surface area contributed by atoms with Crippen LogP contribution in [-0.4, -0.2) is 32.7 Å². The summed E-state index contributed by atoms with van der Waals surface area (Å²) in [4.78, 5) is 14.0. The van der Waals surface area contributed by atoms with Crippen LogP contribution < -0.4 is 5.32 Å². The van der Waals surface area contributed by atoms with Gasteiger partial charge in [-0.05, 0) is 30.7 Å². The highest BCUT2D eigenvalue weighted by molar-refractivity contribution is 7.90. The Morgan fingerprint density at radius 2 is 1.91 bits per heavy atom. The van der Waals surface area contributed by atoms with Crippen LogP contribution in [0, 0.1) is 0 Å². The fourth-order valence-corrected chi connectivity index (χ4v) is 2.72. The highest BCUT2D eigenvalue weighted by Gasteiger charge is 2.18. The van der Waals surface area contributed by atoms with Gasteiger partial charge in [0.05, 0.1) is 23.5 Å². The largest absolute Gasteiger partial charge is 0.472 e. The predicted molar refractivity (Wildman–Crippen MR) is 86.7 cm³/mol. The summed E-state index contributed by atoms with van der Waals surface area (Å²) in [5, 5.41) is 2.80. The lowest BCUT2D eigenvalue weighted by atomic mass is 10.1. The van der Waals surface area contributed by atoms with Gasteiger partial charge in [-0.25, -0.2) is 13.2 Å². The normalized spacial score (nSPS) is 12.7. The number of nitrogens with one attached hydrogen (secondary N) is 1. The van der Waals surface area contributed by atoms with E-state index in [1.807, 2.05) is 6.92 Å². The second kappa shape index (κ2) is 6.87. The molecule has 0 spiro atoms. The van der Waals surface area contributed by atoms with E-state index in [4.69, 9.17) is 4.42 Å². The molecule has 0 saturated carbocycles. The van der Waals surface area contributed by atoms with Crippen molar-refractivity contribution in [1.29, 1.82) is 0 Å². The summed E-state index contributed by atoms with van der Waals surface area (Å²) in [6.07, 6.45) is 4.30. The smallest absolute Gasteiger partial charge is 0.317 e. The van der Waals surface area contributed by atoms with Crippen LogP contribution in [0.1, 0.15) is 24.1 Å². The second-order valence-corrected chi connectivity index (χ2v) is 7.43. The van der Waals surface area contributed by atoms with Crippen LogP contribution in [0.25, 0.3) is 0 Å². The van der Waals surface area contributed by atoms with Crippen molar-refractivity contribution in [3.8, 4) is 0 Å². The van der Waals surface area contributed by atoms with Gasteiger partial charge in [0.15, 0.2) is 9.84 Å². The highest BCUT2D eigenvalue weighted by atomic mass is 32.2. The van der Waals surface area contributed by atoms with E-state index < -0.39 is 9.84 Å². The van der Waals surface area contributed by atoms with Crippen molar-refractivity contribution in [3.05, 3.63) is 54.0 Å². The van der Waals surface area contributed by atoms with Gasteiger partial charge in [0.2, 0.25) is 0 Å². The van der Waals surface area contributed by atoms with Crippen molar-refractivity contribution in [2.24, 2.45) is 0 Å². The lowest BCUT2D eigenvalue weighted by Gasteiger charge is -2.25. The Hall–Kier alpha value is -2.28. The number of hydrogen-bond acceptors (Lipinski definition) is 4. The van der Waals surface area contributed by atoms with E-state index in [0.717, 1.165) is 11.1 Å². The molecule has 0 aliphatic heterocycles. The van der Waals surface area contributed by atoms with Crippen LogP contribution in [0.2, 0.25) is 0 Å². The summed E-state index contributed by atoms with van der Waals surface area (Å²) >= 11 is 0. The van der Waals surface area contributed by atoms with E-state index in [9.17, 15) is 13.2 Å². The zero-order valence-corrected chi connectivity index (χ0v) is 14.1. The van der Waals surface area contributed by atoms with Gasteiger partial charge < -0.3 is 14.6 Å². The second-order valence-electron chi connectivity index (χ2n) is 5.42. The molecule has 0 radical (unpaired) electrons. The molecule has 0 aliphatic rings. The fourth-order valence-electron chi connectivity index (χ4n) is 2.09. The topological polar surface area (TPSA) is 79.6 Å². The molecule has 6 nitrogen and oxygen atoms in total. The minimum absolute atomic E-state index is 0.187. The van der Waals surface area contributed by atoms with E-state index >= 15 is 0 Å². The number of amides is 2. The molecule has 1 heterocycles. The molecule has 2 aromatic rings. The summed E-state index contributed by atoms with van der Waals surface area (Å²) in [7, 11) is -1.52. The van der Waals surface area contributed by atoms with Crippen LogP contribution >= 0.6 is 0 Å². The molecule has 2 rings (SSSR count). The molecule has 7 heteroatoms. The molecule has 0 saturated heterocycles. The number of nitrogens with zero attached hydrogens (tertiary/aromatic N) is 1. The third kappa shape index (κ3) is 4.35. The van der Waals surface area contributed by atoms with Gasteiger partial charge in [-0.1, -0.05) is 12.1 Å². The number of rotatable bonds is 5. The van der Waals surface area contributed by atoms with Crippen LogP contribution in [0.3, 0.4) is 0 Å². The van der Waals surface area contributed by atoms with Crippen molar-refractivity contribution in [2.75, 3.05) is 13.3 Å². The SMILES string of the molecule is CC(c1ccc(S(C)(=O)=O)cc1)N(C)C(=O)NCc1ccoc1. The van der Waals surface area contributed by atoms with Gasteiger partial charge in [0.1, 0.15) is 0 Å². The predicted octanol–water partition coefficient (Wildman–Crippen LogP) is 2.59. The average Bonchev–Trinajstić information content (AvgIpc) is 3.04. The molecule has 2 amide bonds. The number of furan rings is 1. The van der Waals surface area contributed by atoms with E-state index in [1.165, 1.54) is 6.26 Å². The van der Waals surface area contributed by atoms with Crippen molar-refractivity contribution < 1.29 is 17.6 Å². The standard InChI is InChI=1S/C16H20N2O4S/c1-12(14-4-6-15(7-5-14)23(3,20)21)18(2)16(19)17-10-13-8-9-22-11-13/h4-9,11-12H,10H2,1-3H3,(H,17,19). The fraction of sp³-hybridized carbons (Fsp3) is 0.312. The number of sulfone groups is 1. The molecule has 0 fully saturated rings. The Labute approximate surface area is 136 Å². The van der Waals surface area contributed by atoms with E-state index in [0.29, 0.717) is 6.54 Å². The Balaban J connectivity index is 2.00. The lowest BCUT2D eigenvalue weighted by Crippen LogP contribution is -2.38. The van der Waals surface area contributed by atoms with Gasteiger partial charge in [0.25, 0.3) is 0 Å².